The smallest absolute Gasteiger partial charge is 0.325 e. The van der Waals surface area contributed by atoms with Crippen molar-refractivity contribution in [2.45, 2.75) is 57.2 Å². The Balaban J connectivity index is 1.28. The average Bonchev–Trinajstić information content (AvgIpc) is 2.99. The number of fused-ring (bicyclic) bond motifs is 1. The second kappa shape index (κ2) is 9.35. The number of nitrogens with zero attached hydrogens (tertiary/aromatic N) is 2. The molecule has 30 heavy (non-hydrogen) atoms. The highest BCUT2D eigenvalue weighted by molar-refractivity contribution is 6.30. The molecule has 0 unspecified atom stereocenters. The summed E-state index contributed by atoms with van der Waals surface area (Å²) in [5.41, 5.74) is 0.769. The Morgan fingerprint density at radius 1 is 1.17 bits per heavy atom. The lowest BCUT2D eigenvalue weighted by Crippen LogP contribution is -2.51. The van der Waals surface area contributed by atoms with Crippen LogP contribution in [0.5, 0.6) is 0 Å². The van der Waals surface area contributed by atoms with Gasteiger partial charge in [-0.15, -0.1) is 0 Å². The number of imide groups is 1. The largest absolute Gasteiger partial charge is 0.356 e. The molecule has 4 amide bonds. The van der Waals surface area contributed by atoms with Gasteiger partial charge in [0.05, 0.1) is 13.0 Å². The minimum Gasteiger partial charge on any atom is -0.356 e. The summed E-state index contributed by atoms with van der Waals surface area (Å²) in [5.74, 6) is -0.0892. The molecule has 8 heteroatoms. The van der Waals surface area contributed by atoms with Gasteiger partial charge in [0.2, 0.25) is 5.91 Å². The van der Waals surface area contributed by atoms with E-state index >= 15 is 0 Å². The van der Waals surface area contributed by atoms with Crippen molar-refractivity contribution < 1.29 is 14.4 Å². The van der Waals surface area contributed by atoms with Crippen molar-refractivity contribution in [1.82, 2.24) is 20.4 Å². The Kier molecular flexibility index (Phi) is 6.58. The summed E-state index contributed by atoms with van der Waals surface area (Å²) in [5, 5.41) is 6.20. The maximum absolute atomic E-state index is 12.7. The number of carbonyl (C=O) groups is 3. The van der Waals surface area contributed by atoms with Crippen molar-refractivity contribution in [3.8, 4) is 0 Å². The summed E-state index contributed by atoms with van der Waals surface area (Å²) in [6.07, 6.45) is 6.01. The molecule has 0 spiro atoms. The number of rotatable bonds is 6. The van der Waals surface area contributed by atoms with Crippen LogP contribution in [0, 0.1) is 5.92 Å². The number of urea groups is 1. The molecule has 0 aliphatic carbocycles. The van der Waals surface area contributed by atoms with Gasteiger partial charge in [-0.05, 0) is 62.4 Å². The van der Waals surface area contributed by atoms with Gasteiger partial charge >= 0.3 is 6.03 Å². The van der Waals surface area contributed by atoms with Gasteiger partial charge in [0.1, 0.15) is 6.04 Å². The highest BCUT2D eigenvalue weighted by atomic mass is 35.5. The Morgan fingerprint density at radius 2 is 2.00 bits per heavy atom. The Bertz CT molecular complexity index is 815. The summed E-state index contributed by atoms with van der Waals surface area (Å²) in [4.78, 5) is 41.1. The van der Waals surface area contributed by atoms with Gasteiger partial charge in [0.15, 0.2) is 0 Å². The molecule has 0 bridgehead atoms. The number of hydrogen-bond donors (Lipinski definition) is 2. The SMILES string of the molecule is O=C(C[C@H]1NC(=O)N(Cc2cccc(Cl)c2)C1=O)NC[C@@H]1CCCN2CCCC[C@H]12. The van der Waals surface area contributed by atoms with E-state index in [9.17, 15) is 14.4 Å². The molecule has 3 atom stereocenters. The molecular formula is C22H29ClN4O3. The zero-order chi connectivity index (χ0) is 21.1. The molecule has 0 radical (unpaired) electrons. The first kappa shape index (κ1) is 21.1. The predicted molar refractivity (Wildman–Crippen MR) is 114 cm³/mol. The fraction of sp³-hybridized carbons (Fsp3) is 0.591. The molecule has 1 aromatic carbocycles. The highest BCUT2D eigenvalue weighted by Gasteiger charge is 2.39. The molecule has 3 aliphatic rings. The lowest BCUT2D eigenvalue weighted by molar-refractivity contribution is -0.131. The van der Waals surface area contributed by atoms with Crippen molar-refractivity contribution in [2.75, 3.05) is 19.6 Å². The Labute approximate surface area is 182 Å². The van der Waals surface area contributed by atoms with Crippen LogP contribution < -0.4 is 10.6 Å². The van der Waals surface area contributed by atoms with E-state index in [0.717, 1.165) is 16.9 Å². The fourth-order valence-electron chi connectivity index (χ4n) is 5.00. The maximum atomic E-state index is 12.7. The lowest BCUT2D eigenvalue weighted by atomic mass is 9.83. The van der Waals surface area contributed by atoms with E-state index in [1.54, 1.807) is 18.2 Å². The maximum Gasteiger partial charge on any atom is 0.325 e. The first-order valence-electron chi connectivity index (χ1n) is 10.9. The Hall–Kier alpha value is -2.12. The third-order valence-electron chi connectivity index (χ3n) is 6.52. The van der Waals surface area contributed by atoms with Gasteiger partial charge in [-0.2, -0.15) is 0 Å². The first-order chi connectivity index (χ1) is 14.5. The van der Waals surface area contributed by atoms with Crippen molar-refractivity contribution in [3.05, 3.63) is 34.9 Å². The van der Waals surface area contributed by atoms with Crippen LogP contribution in [0.3, 0.4) is 0 Å². The van der Waals surface area contributed by atoms with Gasteiger partial charge in [-0.25, -0.2) is 4.79 Å². The average molecular weight is 433 g/mol. The molecular weight excluding hydrogens is 404 g/mol. The predicted octanol–water partition coefficient (Wildman–Crippen LogP) is 2.53. The monoisotopic (exact) mass is 432 g/mol. The van der Waals surface area contributed by atoms with E-state index in [1.165, 1.54) is 38.8 Å². The molecule has 0 aromatic heterocycles. The number of hydrogen-bond acceptors (Lipinski definition) is 4. The second-order valence-electron chi connectivity index (χ2n) is 8.57. The molecule has 7 nitrogen and oxygen atoms in total. The number of nitrogens with one attached hydrogen (secondary N) is 2. The molecule has 4 rings (SSSR count). The molecule has 3 heterocycles. The van der Waals surface area contributed by atoms with Crippen molar-refractivity contribution in [2.24, 2.45) is 5.92 Å². The third-order valence-corrected chi connectivity index (χ3v) is 6.75. The molecule has 3 saturated heterocycles. The van der Waals surface area contributed by atoms with Crippen LogP contribution >= 0.6 is 11.6 Å². The summed E-state index contributed by atoms with van der Waals surface area (Å²) in [7, 11) is 0. The molecule has 0 saturated carbocycles. The van der Waals surface area contributed by atoms with Crippen LogP contribution in [-0.4, -0.2) is 59.4 Å². The summed E-state index contributed by atoms with van der Waals surface area (Å²) in [6.45, 7) is 3.12. The standard InChI is InChI=1S/C22H29ClN4O3/c23-17-7-3-5-15(11-17)14-27-21(29)18(25-22(27)30)12-20(28)24-13-16-6-4-10-26-9-2-1-8-19(16)26/h3,5,7,11,16,18-19H,1-2,4,6,8-10,12-14H2,(H,24,28)(H,25,30)/t16-,18+,19+/m0/s1. The van der Waals surface area contributed by atoms with Crippen molar-refractivity contribution in [3.63, 3.8) is 0 Å². The van der Waals surface area contributed by atoms with E-state index in [1.807, 2.05) is 6.07 Å². The van der Waals surface area contributed by atoms with E-state index in [0.29, 0.717) is 23.5 Å². The van der Waals surface area contributed by atoms with E-state index in [2.05, 4.69) is 15.5 Å². The summed E-state index contributed by atoms with van der Waals surface area (Å²) in [6, 6.07) is 6.33. The second-order valence-corrected chi connectivity index (χ2v) is 9.00. The van der Waals surface area contributed by atoms with Gasteiger partial charge < -0.3 is 15.5 Å². The van der Waals surface area contributed by atoms with E-state index in [-0.39, 0.29) is 24.8 Å². The number of benzene rings is 1. The number of halogens is 1. The van der Waals surface area contributed by atoms with Gasteiger partial charge in [-0.1, -0.05) is 30.2 Å². The van der Waals surface area contributed by atoms with Crippen molar-refractivity contribution >= 4 is 29.4 Å². The lowest BCUT2D eigenvalue weighted by Gasteiger charge is -2.44. The number of piperidine rings is 2. The van der Waals surface area contributed by atoms with Gasteiger partial charge in [-0.3, -0.25) is 14.5 Å². The third kappa shape index (κ3) is 4.78. The Morgan fingerprint density at radius 3 is 2.83 bits per heavy atom. The quantitative estimate of drug-likeness (QED) is 0.677. The minimum atomic E-state index is -0.811. The topological polar surface area (TPSA) is 81.8 Å². The van der Waals surface area contributed by atoms with Crippen molar-refractivity contribution in [1.29, 1.82) is 0 Å². The van der Waals surface area contributed by atoms with Crippen LogP contribution in [0.4, 0.5) is 4.79 Å². The normalized spacial score (nSPS) is 27.0. The van der Waals surface area contributed by atoms with E-state index < -0.39 is 12.1 Å². The van der Waals surface area contributed by atoms with Crippen LogP contribution in [0.1, 0.15) is 44.1 Å². The molecule has 162 valence electrons. The van der Waals surface area contributed by atoms with E-state index in [4.69, 9.17) is 11.6 Å². The summed E-state index contributed by atoms with van der Waals surface area (Å²) < 4.78 is 0. The highest BCUT2D eigenvalue weighted by Crippen LogP contribution is 2.30. The minimum absolute atomic E-state index is 0.0300. The number of amides is 4. The van der Waals surface area contributed by atoms with Gasteiger partial charge in [0, 0.05) is 17.6 Å². The van der Waals surface area contributed by atoms with Crippen LogP contribution in [0.25, 0.3) is 0 Å². The molecule has 2 N–H and O–H groups in total. The number of carbonyl (C=O) groups excluding carboxylic acids is 3. The molecule has 1 aromatic rings. The first-order valence-corrected chi connectivity index (χ1v) is 11.3. The summed E-state index contributed by atoms with van der Waals surface area (Å²) >= 11 is 5.98. The fourth-order valence-corrected chi connectivity index (χ4v) is 5.21. The molecule has 3 aliphatic heterocycles. The zero-order valence-electron chi connectivity index (χ0n) is 17.1. The van der Waals surface area contributed by atoms with Gasteiger partial charge in [0.25, 0.3) is 5.91 Å². The van der Waals surface area contributed by atoms with Crippen LogP contribution in [0.2, 0.25) is 5.02 Å². The molecule has 3 fully saturated rings. The van der Waals surface area contributed by atoms with Crippen LogP contribution in [0.15, 0.2) is 24.3 Å². The van der Waals surface area contributed by atoms with Crippen LogP contribution in [-0.2, 0) is 16.1 Å². The zero-order valence-corrected chi connectivity index (χ0v) is 17.9.